The van der Waals surface area contributed by atoms with Gasteiger partial charge in [0.15, 0.2) is 0 Å². The second-order valence-electron chi connectivity index (χ2n) is 6.69. The number of rotatable bonds is 2. The van der Waals surface area contributed by atoms with Crippen LogP contribution >= 0.6 is 0 Å². The molecule has 1 aliphatic carbocycles. The van der Waals surface area contributed by atoms with Crippen LogP contribution in [0.4, 0.5) is 10.1 Å². The summed E-state index contributed by atoms with van der Waals surface area (Å²) in [6.07, 6.45) is 9.66. The molecule has 2 N–H and O–H groups in total. The number of nitrogen functional groups attached to an aromatic ring is 1. The van der Waals surface area contributed by atoms with Crippen LogP contribution in [0.5, 0.6) is 0 Å². The van der Waals surface area contributed by atoms with E-state index in [1.807, 2.05) is 6.07 Å². The van der Waals surface area contributed by atoms with Crippen LogP contribution in [0.1, 0.15) is 50.5 Å². The first-order valence-electron chi connectivity index (χ1n) is 7.93. The van der Waals surface area contributed by atoms with Gasteiger partial charge in [-0.05, 0) is 56.3 Å². The van der Waals surface area contributed by atoms with Crippen LogP contribution in [-0.2, 0) is 6.54 Å². The second-order valence-corrected chi connectivity index (χ2v) is 6.69. The summed E-state index contributed by atoms with van der Waals surface area (Å²) in [4.78, 5) is 2.40. The molecule has 0 bridgehead atoms. The van der Waals surface area contributed by atoms with Gasteiger partial charge in [-0.3, -0.25) is 4.90 Å². The molecule has 1 heterocycles. The molecule has 0 amide bonds. The van der Waals surface area contributed by atoms with Gasteiger partial charge in [0.2, 0.25) is 0 Å². The Hall–Kier alpha value is -1.09. The molecule has 1 aromatic carbocycles. The van der Waals surface area contributed by atoms with Crippen molar-refractivity contribution < 1.29 is 4.39 Å². The average Bonchev–Trinajstić information content (AvgIpc) is 2.45. The monoisotopic (exact) mass is 276 g/mol. The Morgan fingerprint density at radius 2 is 1.75 bits per heavy atom. The molecule has 110 valence electrons. The van der Waals surface area contributed by atoms with Crippen molar-refractivity contribution in [2.45, 2.75) is 51.5 Å². The third-order valence-electron chi connectivity index (χ3n) is 5.30. The molecule has 2 nitrogen and oxygen atoms in total. The first-order valence-corrected chi connectivity index (χ1v) is 7.93. The van der Waals surface area contributed by atoms with E-state index in [0.29, 0.717) is 11.1 Å². The van der Waals surface area contributed by atoms with E-state index in [9.17, 15) is 4.39 Å². The first kappa shape index (κ1) is 13.9. The maximum absolute atomic E-state index is 13.8. The molecule has 20 heavy (non-hydrogen) atoms. The zero-order chi connectivity index (χ0) is 14.0. The first-order chi connectivity index (χ1) is 9.67. The lowest BCUT2D eigenvalue weighted by Crippen LogP contribution is -2.40. The van der Waals surface area contributed by atoms with E-state index in [1.54, 1.807) is 6.07 Å². The quantitative estimate of drug-likeness (QED) is 0.829. The van der Waals surface area contributed by atoms with Gasteiger partial charge in [-0.1, -0.05) is 25.3 Å². The van der Waals surface area contributed by atoms with Crippen LogP contribution in [0.3, 0.4) is 0 Å². The van der Waals surface area contributed by atoms with Gasteiger partial charge < -0.3 is 5.73 Å². The van der Waals surface area contributed by atoms with E-state index < -0.39 is 0 Å². The highest BCUT2D eigenvalue weighted by atomic mass is 19.1. The van der Waals surface area contributed by atoms with Crippen LogP contribution in [-0.4, -0.2) is 18.0 Å². The van der Waals surface area contributed by atoms with E-state index in [2.05, 4.69) is 4.90 Å². The van der Waals surface area contributed by atoms with Crippen LogP contribution in [0, 0.1) is 11.2 Å². The Bertz CT molecular complexity index is 456. The summed E-state index contributed by atoms with van der Waals surface area (Å²) in [5, 5.41) is 0. The maximum Gasteiger partial charge on any atom is 0.129 e. The average molecular weight is 276 g/mol. The number of hydrogen-bond donors (Lipinski definition) is 1. The van der Waals surface area contributed by atoms with Crippen molar-refractivity contribution in [1.29, 1.82) is 0 Å². The van der Waals surface area contributed by atoms with Gasteiger partial charge in [0, 0.05) is 17.8 Å². The Labute approximate surface area is 121 Å². The molecule has 3 rings (SSSR count). The lowest BCUT2D eigenvalue weighted by molar-refractivity contribution is 0.0636. The number of likely N-dealkylation sites (tertiary alicyclic amines) is 1. The number of nitrogens with zero attached hydrogens (tertiary/aromatic N) is 1. The summed E-state index contributed by atoms with van der Waals surface area (Å²) in [5.41, 5.74) is 7.50. The Morgan fingerprint density at radius 1 is 1.05 bits per heavy atom. The molecule has 0 atom stereocenters. The van der Waals surface area contributed by atoms with E-state index in [-0.39, 0.29) is 5.82 Å². The number of piperidine rings is 1. The summed E-state index contributed by atoms with van der Waals surface area (Å²) < 4.78 is 13.8. The Balaban J connectivity index is 1.58. The zero-order valence-electron chi connectivity index (χ0n) is 12.2. The van der Waals surface area contributed by atoms with Crippen molar-refractivity contribution >= 4 is 5.69 Å². The van der Waals surface area contributed by atoms with E-state index >= 15 is 0 Å². The number of nitrogens with two attached hydrogens (primary N) is 1. The molecule has 2 fully saturated rings. The molecule has 0 unspecified atom stereocenters. The highest BCUT2D eigenvalue weighted by molar-refractivity contribution is 5.40. The highest BCUT2D eigenvalue weighted by Gasteiger charge is 2.35. The number of halogens is 1. The van der Waals surface area contributed by atoms with Crippen molar-refractivity contribution in [1.82, 2.24) is 4.90 Å². The Kier molecular flexibility index (Phi) is 3.97. The molecular formula is C17H25FN2. The van der Waals surface area contributed by atoms with Crippen molar-refractivity contribution in [3.63, 3.8) is 0 Å². The Morgan fingerprint density at radius 3 is 2.40 bits per heavy atom. The van der Waals surface area contributed by atoms with Gasteiger partial charge in [0.05, 0.1) is 0 Å². The van der Waals surface area contributed by atoms with E-state index in [1.165, 1.54) is 51.0 Å². The van der Waals surface area contributed by atoms with Crippen LogP contribution < -0.4 is 5.73 Å². The van der Waals surface area contributed by atoms with Crippen molar-refractivity contribution in [2.24, 2.45) is 5.41 Å². The fourth-order valence-corrected chi connectivity index (χ4v) is 3.92. The summed E-state index contributed by atoms with van der Waals surface area (Å²) in [6.45, 7) is 2.95. The summed E-state index contributed by atoms with van der Waals surface area (Å²) in [5.74, 6) is -0.164. The smallest absolute Gasteiger partial charge is 0.129 e. The molecular weight excluding hydrogens is 251 g/mol. The molecule has 1 aliphatic heterocycles. The molecule has 1 saturated heterocycles. The predicted molar refractivity (Wildman–Crippen MR) is 80.8 cm³/mol. The molecule has 1 saturated carbocycles. The van der Waals surface area contributed by atoms with Crippen molar-refractivity contribution in [2.75, 3.05) is 18.8 Å². The van der Waals surface area contributed by atoms with E-state index in [4.69, 9.17) is 5.73 Å². The minimum atomic E-state index is -0.164. The van der Waals surface area contributed by atoms with Gasteiger partial charge in [0.25, 0.3) is 0 Å². The molecule has 1 aromatic rings. The lowest BCUT2D eigenvalue weighted by Gasteiger charge is -2.44. The maximum atomic E-state index is 13.8. The van der Waals surface area contributed by atoms with Crippen molar-refractivity contribution in [3.8, 4) is 0 Å². The third-order valence-corrected chi connectivity index (χ3v) is 5.30. The van der Waals surface area contributed by atoms with Gasteiger partial charge in [-0.15, -0.1) is 0 Å². The SMILES string of the molecule is Nc1ccc(CN2CCC3(CCCCC3)CC2)c(F)c1. The minimum absolute atomic E-state index is 0.164. The lowest BCUT2D eigenvalue weighted by atomic mass is 9.68. The normalized spacial score (nSPS) is 23.1. The minimum Gasteiger partial charge on any atom is -0.399 e. The van der Waals surface area contributed by atoms with E-state index in [0.717, 1.165) is 25.2 Å². The van der Waals surface area contributed by atoms with Gasteiger partial charge >= 0.3 is 0 Å². The molecule has 2 aliphatic rings. The fourth-order valence-electron chi connectivity index (χ4n) is 3.92. The summed E-state index contributed by atoms with van der Waals surface area (Å²) in [6, 6.07) is 5.06. The predicted octanol–water partition coefficient (Wildman–Crippen LogP) is 3.95. The largest absolute Gasteiger partial charge is 0.399 e. The van der Waals surface area contributed by atoms with Gasteiger partial charge in [0.1, 0.15) is 5.82 Å². The standard InChI is InChI=1S/C17H25FN2/c18-16-12-15(19)5-4-14(16)13-20-10-8-17(9-11-20)6-2-1-3-7-17/h4-5,12H,1-3,6-11,13,19H2. The molecule has 1 spiro atoms. The van der Waals surface area contributed by atoms with Crippen molar-refractivity contribution in [3.05, 3.63) is 29.6 Å². The second kappa shape index (κ2) is 5.72. The van der Waals surface area contributed by atoms with Crippen LogP contribution in [0.25, 0.3) is 0 Å². The highest BCUT2D eigenvalue weighted by Crippen LogP contribution is 2.44. The zero-order valence-corrected chi connectivity index (χ0v) is 12.2. The summed E-state index contributed by atoms with van der Waals surface area (Å²) in [7, 11) is 0. The number of hydrogen-bond acceptors (Lipinski definition) is 2. The number of benzene rings is 1. The van der Waals surface area contributed by atoms with Gasteiger partial charge in [-0.25, -0.2) is 4.39 Å². The van der Waals surface area contributed by atoms with Crippen LogP contribution in [0.2, 0.25) is 0 Å². The summed E-state index contributed by atoms with van der Waals surface area (Å²) >= 11 is 0. The van der Waals surface area contributed by atoms with Crippen LogP contribution in [0.15, 0.2) is 18.2 Å². The molecule has 3 heteroatoms. The third kappa shape index (κ3) is 2.98. The molecule has 0 radical (unpaired) electrons. The topological polar surface area (TPSA) is 29.3 Å². The van der Waals surface area contributed by atoms with Gasteiger partial charge in [-0.2, -0.15) is 0 Å². The number of anilines is 1. The molecule has 0 aromatic heterocycles. The fraction of sp³-hybridized carbons (Fsp3) is 0.647.